The van der Waals surface area contributed by atoms with Crippen LogP contribution in [0.25, 0.3) is 0 Å². The Morgan fingerprint density at radius 1 is 0.842 bits per heavy atom. The van der Waals surface area contributed by atoms with Crippen molar-refractivity contribution in [1.82, 2.24) is 10.6 Å². The van der Waals surface area contributed by atoms with Crippen molar-refractivity contribution < 1.29 is 32.6 Å². The molecule has 38 heavy (non-hydrogen) atoms. The molecule has 1 atom stereocenters. The zero-order chi connectivity index (χ0) is 27.9. The minimum atomic E-state index is -4.39. The van der Waals surface area contributed by atoms with Gasteiger partial charge in [-0.25, -0.2) is 4.57 Å². The van der Waals surface area contributed by atoms with E-state index in [9.17, 15) is 19.0 Å². The highest BCUT2D eigenvalue weighted by molar-refractivity contribution is 7.47. The summed E-state index contributed by atoms with van der Waals surface area (Å²) in [5, 5.41) is 5.51. The zero-order valence-electron chi connectivity index (χ0n) is 22.8. The second kappa shape index (κ2) is 16.4. The first-order chi connectivity index (χ1) is 18.0. The van der Waals surface area contributed by atoms with Crippen LogP contribution in [0.4, 0.5) is 0 Å². The molecule has 0 fully saturated rings. The number of nitrogens with zero attached hydrogens (tertiary/aromatic N) is 1. The molecule has 0 aliphatic heterocycles. The maximum absolute atomic E-state index is 12.5. The van der Waals surface area contributed by atoms with Crippen LogP contribution in [0.15, 0.2) is 60.7 Å². The van der Waals surface area contributed by atoms with E-state index in [2.05, 4.69) is 10.6 Å². The van der Waals surface area contributed by atoms with Crippen LogP contribution in [0.5, 0.6) is 0 Å². The summed E-state index contributed by atoms with van der Waals surface area (Å²) in [6.45, 7) is 0.478. The Hall–Kier alpha value is -2.55. The van der Waals surface area contributed by atoms with Gasteiger partial charge in [-0.15, -0.1) is 0 Å². The number of likely N-dealkylation sites (N-methyl/N-ethyl adjacent to an activating group) is 1. The Labute approximate surface area is 226 Å². The largest absolute Gasteiger partial charge is 0.472 e. The summed E-state index contributed by atoms with van der Waals surface area (Å²) in [7, 11) is 1.43. The van der Waals surface area contributed by atoms with Gasteiger partial charge in [-0.3, -0.25) is 18.6 Å². The predicted octanol–water partition coefficient (Wildman–Crippen LogP) is 3.47. The van der Waals surface area contributed by atoms with Crippen LogP contribution in [0, 0.1) is 0 Å². The standard InChI is InChI=1S/C28H42N3O6P/c1-31(2,3)20-21-36-38(34,35)37-26(22-29-27(32)18-10-16-24-12-6-4-7-13-24)23-30-28(33)19-11-17-25-14-8-5-9-15-25/h4-9,12-15,26H,10-11,16-23H2,1-3H3,(H2-,29,30,32,33,34,35)/p+1. The number of carbonyl (C=O) groups is 2. The van der Waals surface area contributed by atoms with Crippen molar-refractivity contribution in [3.8, 4) is 0 Å². The van der Waals surface area contributed by atoms with Gasteiger partial charge in [0.1, 0.15) is 19.3 Å². The predicted molar refractivity (Wildman–Crippen MR) is 148 cm³/mol. The van der Waals surface area contributed by atoms with E-state index in [0.717, 1.165) is 24.0 Å². The van der Waals surface area contributed by atoms with Gasteiger partial charge in [-0.1, -0.05) is 60.7 Å². The maximum atomic E-state index is 12.5. The fourth-order valence-electron chi connectivity index (χ4n) is 3.62. The summed E-state index contributed by atoms with van der Waals surface area (Å²) >= 11 is 0. The van der Waals surface area contributed by atoms with Gasteiger partial charge in [0, 0.05) is 25.9 Å². The molecule has 0 saturated heterocycles. The van der Waals surface area contributed by atoms with Crippen molar-refractivity contribution in [2.45, 2.75) is 44.6 Å². The Balaban J connectivity index is 1.82. The fourth-order valence-corrected chi connectivity index (χ4v) is 4.52. The molecule has 0 bridgehead atoms. The fraction of sp³-hybridized carbons (Fsp3) is 0.500. The van der Waals surface area contributed by atoms with Crippen LogP contribution in [-0.2, 0) is 36.0 Å². The van der Waals surface area contributed by atoms with E-state index in [4.69, 9.17) is 9.05 Å². The highest BCUT2D eigenvalue weighted by Crippen LogP contribution is 2.44. The van der Waals surface area contributed by atoms with E-state index in [-0.39, 0.29) is 31.5 Å². The van der Waals surface area contributed by atoms with E-state index in [1.54, 1.807) is 0 Å². The van der Waals surface area contributed by atoms with Gasteiger partial charge in [0.05, 0.1) is 21.1 Å². The lowest BCUT2D eigenvalue weighted by Gasteiger charge is -2.25. The van der Waals surface area contributed by atoms with Crippen LogP contribution < -0.4 is 10.6 Å². The van der Waals surface area contributed by atoms with E-state index < -0.39 is 13.9 Å². The molecule has 0 aliphatic rings. The first-order valence-electron chi connectivity index (χ1n) is 13.1. The van der Waals surface area contributed by atoms with Crippen molar-refractivity contribution in [2.75, 3.05) is 47.4 Å². The Morgan fingerprint density at radius 3 is 1.71 bits per heavy atom. The molecule has 2 amide bonds. The maximum Gasteiger partial charge on any atom is 0.472 e. The molecule has 9 nitrogen and oxygen atoms in total. The number of quaternary nitrogens is 1. The third-order valence-electron chi connectivity index (χ3n) is 5.78. The van der Waals surface area contributed by atoms with Gasteiger partial charge < -0.3 is 20.0 Å². The van der Waals surface area contributed by atoms with Crippen LogP contribution in [0.2, 0.25) is 0 Å². The van der Waals surface area contributed by atoms with Crippen molar-refractivity contribution in [2.24, 2.45) is 0 Å². The van der Waals surface area contributed by atoms with Crippen LogP contribution in [-0.4, -0.2) is 74.7 Å². The monoisotopic (exact) mass is 548 g/mol. The second-order valence-electron chi connectivity index (χ2n) is 10.3. The molecule has 0 aromatic heterocycles. The molecule has 2 aromatic rings. The van der Waals surface area contributed by atoms with Crippen LogP contribution in [0.1, 0.15) is 36.8 Å². The minimum absolute atomic E-state index is 0.0295. The van der Waals surface area contributed by atoms with Crippen molar-refractivity contribution in [3.63, 3.8) is 0 Å². The van der Waals surface area contributed by atoms with E-state index >= 15 is 0 Å². The Kier molecular flexibility index (Phi) is 13.7. The quantitative estimate of drug-likeness (QED) is 0.194. The lowest BCUT2D eigenvalue weighted by molar-refractivity contribution is -0.870. The third kappa shape index (κ3) is 15.0. The highest BCUT2D eigenvalue weighted by Gasteiger charge is 2.28. The molecular formula is C28H43N3O6P+. The topological polar surface area (TPSA) is 114 Å². The number of aryl methyl sites for hydroxylation is 2. The number of hydrogen-bond donors (Lipinski definition) is 3. The van der Waals surface area contributed by atoms with Gasteiger partial charge in [0.15, 0.2) is 0 Å². The molecule has 0 spiro atoms. The SMILES string of the molecule is C[N+](C)(C)CCOP(=O)(O)OC(CNC(=O)CCCc1ccccc1)CNC(=O)CCCc1ccccc1. The van der Waals surface area contributed by atoms with E-state index in [0.29, 0.717) is 36.7 Å². The third-order valence-corrected chi connectivity index (χ3v) is 6.85. The smallest absolute Gasteiger partial charge is 0.353 e. The molecule has 0 radical (unpaired) electrons. The molecule has 1 unspecified atom stereocenters. The number of phosphoric acid groups is 1. The summed E-state index contributed by atoms with van der Waals surface area (Å²) in [5.41, 5.74) is 2.31. The average Bonchev–Trinajstić information content (AvgIpc) is 2.86. The molecule has 0 aliphatic carbocycles. The van der Waals surface area contributed by atoms with Gasteiger partial charge in [0.2, 0.25) is 11.8 Å². The Morgan fingerprint density at radius 2 is 1.29 bits per heavy atom. The Bertz CT molecular complexity index is 953. The number of carbonyl (C=O) groups excluding carboxylic acids is 2. The van der Waals surface area contributed by atoms with Crippen molar-refractivity contribution in [3.05, 3.63) is 71.8 Å². The van der Waals surface area contributed by atoms with Crippen LogP contribution >= 0.6 is 7.82 Å². The summed E-state index contributed by atoms with van der Waals surface area (Å²) in [5.74, 6) is -0.384. The summed E-state index contributed by atoms with van der Waals surface area (Å²) in [6, 6.07) is 19.8. The number of benzene rings is 2. The van der Waals surface area contributed by atoms with Gasteiger partial charge in [-0.05, 0) is 36.8 Å². The normalized spacial score (nSPS) is 13.2. The minimum Gasteiger partial charge on any atom is -0.353 e. The molecule has 210 valence electrons. The van der Waals surface area contributed by atoms with Crippen LogP contribution in [0.3, 0.4) is 0 Å². The van der Waals surface area contributed by atoms with Gasteiger partial charge >= 0.3 is 7.82 Å². The molecule has 2 aromatic carbocycles. The first kappa shape index (κ1) is 31.7. The highest BCUT2D eigenvalue weighted by atomic mass is 31.2. The molecule has 3 N–H and O–H groups in total. The van der Waals surface area contributed by atoms with Crippen molar-refractivity contribution in [1.29, 1.82) is 0 Å². The molecular weight excluding hydrogens is 505 g/mol. The number of rotatable bonds is 18. The summed E-state index contributed by atoms with van der Waals surface area (Å²) in [4.78, 5) is 35.0. The van der Waals surface area contributed by atoms with Gasteiger partial charge in [0.25, 0.3) is 0 Å². The zero-order valence-corrected chi connectivity index (χ0v) is 23.7. The number of phosphoric ester groups is 1. The summed E-state index contributed by atoms with van der Waals surface area (Å²) in [6.07, 6.45) is 2.59. The molecule has 10 heteroatoms. The van der Waals surface area contributed by atoms with Crippen molar-refractivity contribution >= 4 is 19.6 Å². The number of amides is 2. The number of nitrogens with one attached hydrogen (secondary N) is 2. The lowest BCUT2D eigenvalue weighted by atomic mass is 10.1. The van der Waals surface area contributed by atoms with Gasteiger partial charge in [-0.2, -0.15) is 0 Å². The second-order valence-corrected chi connectivity index (χ2v) is 11.7. The summed E-state index contributed by atoms with van der Waals surface area (Å²) < 4.78 is 23.6. The lowest BCUT2D eigenvalue weighted by Crippen LogP contribution is -2.41. The van der Waals surface area contributed by atoms with E-state index in [1.165, 1.54) is 0 Å². The molecule has 0 heterocycles. The molecule has 2 rings (SSSR count). The first-order valence-corrected chi connectivity index (χ1v) is 14.6. The average molecular weight is 549 g/mol. The number of hydrogen-bond acceptors (Lipinski definition) is 5. The van der Waals surface area contributed by atoms with E-state index in [1.807, 2.05) is 81.8 Å². The molecule has 0 saturated carbocycles.